The largest absolute Gasteiger partial charge is 0.340 e. The first-order valence-electron chi connectivity index (χ1n) is 7.64. The Morgan fingerprint density at radius 2 is 2.08 bits per heavy atom. The van der Waals surface area contributed by atoms with Gasteiger partial charge in [-0.1, -0.05) is 30.0 Å². The number of hydrogen-bond donors (Lipinski definition) is 2. The molecule has 0 aromatic heterocycles. The molecule has 9 heteroatoms. The van der Waals surface area contributed by atoms with E-state index in [0.717, 1.165) is 5.75 Å². The fraction of sp³-hybridized carbons (Fsp3) is 0.375. The van der Waals surface area contributed by atoms with Crippen LogP contribution in [0.25, 0.3) is 0 Å². The van der Waals surface area contributed by atoms with Crippen molar-refractivity contribution in [3.05, 3.63) is 35.9 Å². The third-order valence-corrected chi connectivity index (χ3v) is 5.17. The van der Waals surface area contributed by atoms with E-state index in [1.54, 1.807) is 43.1 Å². The molecule has 1 aliphatic rings. The normalized spacial score (nSPS) is 16.8. The van der Waals surface area contributed by atoms with E-state index in [1.807, 2.05) is 12.3 Å². The SMILES string of the molecule is CSCCC(NC(=O)c1ccccc1)C(=O)N/N=C1\SCC(=O)N1C. The van der Waals surface area contributed by atoms with Gasteiger partial charge in [0.1, 0.15) is 6.04 Å². The fourth-order valence-corrected chi connectivity index (χ4v) is 3.37. The van der Waals surface area contributed by atoms with Gasteiger partial charge in [0.05, 0.1) is 5.75 Å². The van der Waals surface area contributed by atoms with Gasteiger partial charge < -0.3 is 5.32 Å². The first-order valence-corrected chi connectivity index (χ1v) is 10.0. The quantitative estimate of drug-likeness (QED) is 0.692. The number of thioether (sulfide) groups is 2. The zero-order valence-corrected chi connectivity index (χ0v) is 15.7. The minimum atomic E-state index is -0.697. The summed E-state index contributed by atoms with van der Waals surface area (Å²) in [4.78, 5) is 37.5. The molecule has 1 fully saturated rings. The lowest BCUT2D eigenvalue weighted by Crippen LogP contribution is -2.46. The van der Waals surface area contributed by atoms with Crippen LogP contribution in [0.3, 0.4) is 0 Å². The molecule has 0 radical (unpaired) electrons. The highest BCUT2D eigenvalue weighted by Gasteiger charge is 2.26. The molecule has 2 rings (SSSR count). The van der Waals surface area contributed by atoms with Crippen molar-refractivity contribution >= 4 is 46.4 Å². The third-order valence-electron chi connectivity index (χ3n) is 3.52. The summed E-state index contributed by atoms with van der Waals surface area (Å²) in [6, 6.07) is 8.03. The molecule has 1 aromatic carbocycles. The highest BCUT2D eigenvalue weighted by atomic mass is 32.2. The van der Waals surface area contributed by atoms with Crippen LogP contribution >= 0.6 is 23.5 Å². The summed E-state index contributed by atoms with van der Waals surface area (Å²) in [6.45, 7) is 0. The summed E-state index contributed by atoms with van der Waals surface area (Å²) in [5.41, 5.74) is 2.94. The van der Waals surface area contributed by atoms with Crippen LogP contribution < -0.4 is 10.7 Å². The first-order chi connectivity index (χ1) is 12.0. The second kappa shape index (κ2) is 9.47. The minimum absolute atomic E-state index is 0.0608. The number of rotatable bonds is 7. The Labute approximate surface area is 155 Å². The predicted octanol–water partition coefficient (Wildman–Crippen LogP) is 1.13. The zero-order valence-electron chi connectivity index (χ0n) is 14.0. The molecule has 2 N–H and O–H groups in total. The monoisotopic (exact) mass is 380 g/mol. The Morgan fingerprint density at radius 3 is 2.68 bits per heavy atom. The molecule has 0 spiro atoms. The minimum Gasteiger partial charge on any atom is -0.340 e. The maximum absolute atomic E-state index is 12.4. The van der Waals surface area contributed by atoms with E-state index in [1.165, 1.54) is 16.7 Å². The van der Waals surface area contributed by atoms with Crippen molar-refractivity contribution in [3.8, 4) is 0 Å². The topological polar surface area (TPSA) is 90.9 Å². The van der Waals surface area contributed by atoms with E-state index in [0.29, 0.717) is 22.9 Å². The number of carbonyl (C=O) groups is 3. The number of hydrazone groups is 1. The van der Waals surface area contributed by atoms with E-state index >= 15 is 0 Å². The van der Waals surface area contributed by atoms with E-state index < -0.39 is 11.9 Å². The van der Waals surface area contributed by atoms with Gasteiger partial charge >= 0.3 is 0 Å². The number of nitrogens with zero attached hydrogens (tertiary/aromatic N) is 2. The maximum Gasteiger partial charge on any atom is 0.262 e. The standard InChI is InChI=1S/C16H20N4O3S2/c1-20-13(21)10-25-16(20)19-18-15(23)12(8-9-24-2)17-14(22)11-6-4-3-5-7-11/h3-7,12H,8-10H2,1-2H3,(H,17,22)(H,18,23)/b19-16-. The van der Waals surface area contributed by atoms with Crippen LogP contribution in [0.2, 0.25) is 0 Å². The summed E-state index contributed by atoms with van der Waals surface area (Å²) >= 11 is 2.85. The van der Waals surface area contributed by atoms with Crippen molar-refractivity contribution in [2.24, 2.45) is 5.10 Å². The van der Waals surface area contributed by atoms with Gasteiger partial charge in [-0.2, -0.15) is 11.8 Å². The molecule has 25 heavy (non-hydrogen) atoms. The summed E-state index contributed by atoms with van der Waals surface area (Å²) in [5.74, 6) is 0.258. The van der Waals surface area contributed by atoms with Crippen molar-refractivity contribution in [2.45, 2.75) is 12.5 Å². The summed E-state index contributed by atoms with van der Waals surface area (Å²) in [6.07, 6.45) is 2.42. The first kappa shape index (κ1) is 19.3. The third kappa shape index (κ3) is 5.50. The van der Waals surface area contributed by atoms with Gasteiger partial charge in [0.15, 0.2) is 5.17 Å². The number of amidine groups is 1. The summed E-state index contributed by atoms with van der Waals surface area (Å²) in [7, 11) is 1.61. The van der Waals surface area contributed by atoms with Crippen molar-refractivity contribution in [1.29, 1.82) is 0 Å². The molecule has 0 saturated carbocycles. The van der Waals surface area contributed by atoms with Gasteiger partial charge in [-0.05, 0) is 30.6 Å². The van der Waals surface area contributed by atoms with Crippen molar-refractivity contribution < 1.29 is 14.4 Å². The zero-order chi connectivity index (χ0) is 18.2. The molecular weight excluding hydrogens is 360 g/mol. The van der Waals surface area contributed by atoms with E-state index in [-0.39, 0.29) is 11.8 Å². The smallest absolute Gasteiger partial charge is 0.262 e. The molecule has 1 aromatic rings. The van der Waals surface area contributed by atoms with Crippen LogP contribution in [0.5, 0.6) is 0 Å². The highest BCUT2D eigenvalue weighted by molar-refractivity contribution is 8.15. The lowest BCUT2D eigenvalue weighted by atomic mass is 10.1. The number of hydrogen-bond acceptors (Lipinski definition) is 6. The van der Waals surface area contributed by atoms with Crippen LogP contribution in [-0.2, 0) is 9.59 Å². The van der Waals surface area contributed by atoms with Crippen LogP contribution in [0.4, 0.5) is 0 Å². The van der Waals surface area contributed by atoms with Gasteiger partial charge in [0, 0.05) is 12.6 Å². The Kier molecular flexibility index (Phi) is 7.32. The molecule has 1 heterocycles. The Hall–Kier alpha value is -2.00. The molecule has 0 bridgehead atoms. The number of nitrogens with one attached hydrogen (secondary N) is 2. The van der Waals surface area contributed by atoms with Crippen LogP contribution in [0, 0.1) is 0 Å². The number of benzene rings is 1. The molecule has 134 valence electrons. The summed E-state index contributed by atoms with van der Waals surface area (Å²) in [5, 5.41) is 7.17. The summed E-state index contributed by atoms with van der Waals surface area (Å²) < 4.78 is 0. The molecule has 1 saturated heterocycles. The van der Waals surface area contributed by atoms with Crippen LogP contribution in [0.1, 0.15) is 16.8 Å². The van der Waals surface area contributed by atoms with Gasteiger partial charge in [-0.3, -0.25) is 19.3 Å². The maximum atomic E-state index is 12.4. The van der Waals surface area contributed by atoms with Crippen molar-refractivity contribution in [1.82, 2.24) is 15.6 Å². The number of carbonyl (C=O) groups excluding carboxylic acids is 3. The lowest BCUT2D eigenvalue weighted by Gasteiger charge is -2.17. The Bertz CT molecular complexity index is 667. The Balaban J connectivity index is 2.00. The molecule has 1 atom stereocenters. The van der Waals surface area contributed by atoms with Crippen LogP contribution in [0.15, 0.2) is 35.4 Å². The predicted molar refractivity (Wildman–Crippen MR) is 102 cm³/mol. The van der Waals surface area contributed by atoms with Gasteiger partial charge in [-0.25, -0.2) is 5.43 Å². The average molecular weight is 380 g/mol. The van der Waals surface area contributed by atoms with E-state index in [9.17, 15) is 14.4 Å². The van der Waals surface area contributed by atoms with Gasteiger partial charge in [0.2, 0.25) is 5.91 Å². The molecule has 1 unspecified atom stereocenters. The van der Waals surface area contributed by atoms with E-state index in [4.69, 9.17) is 0 Å². The molecule has 3 amide bonds. The molecule has 0 aliphatic carbocycles. The molecule has 7 nitrogen and oxygen atoms in total. The highest BCUT2D eigenvalue weighted by Crippen LogP contribution is 2.16. The number of amides is 3. The average Bonchev–Trinajstić information content (AvgIpc) is 2.95. The van der Waals surface area contributed by atoms with Gasteiger partial charge in [-0.15, -0.1) is 5.10 Å². The van der Waals surface area contributed by atoms with Crippen molar-refractivity contribution in [2.75, 3.05) is 24.8 Å². The molecular formula is C16H20N4O3S2. The van der Waals surface area contributed by atoms with Gasteiger partial charge in [0.25, 0.3) is 11.8 Å². The second-order valence-electron chi connectivity index (χ2n) is 5.29. The fourth-order valence-electron chi connectivity index (χ4n) is 2.05. The van der Waals surface area contributed by atoms with Crippen LogP contribution in [-0.4, -0.2) is 58.6 Å². The molecule has 1 aliphatic heterocycles. The van der Waals surface area contributed by atoms with Crippen molar-refractivity contribution in [3.63, 3.8) is 0 Å². The Morgan fingerprint density at radius 1 is 1.36 bits per heavy atom. The second-order valence-corrected chi connectivity index (χ2v) is 7.21. The lowest BCUT2D eigenvalue weighted by molar-refractivity contribution is -0.124. The van der Waals surface area contributed by atoms with E-state index in [2.05, 4.69) is 15.8 Å².